The van der Waals surface area contributed by atoms with Gasteiger partial charge in [-0.3, -0.25) is 8.97 Å². The predicted molar refractivity (Wildman–Crippen MR) is 65.9 cm³/mol. The third-order valence-corrected chi connectivity index (χ3v) is 3.78. The van der Waals surface area contributed by atoms with Crippen LogP contribution in [0.2, 0.25) is 0 Å². The summed E-state index contributed by atoms with van der Waals surface area (Å²) in [5.41, 5.74) is 5.32. The monoisotopic (exact) mass is 301 g/mol. The van der Waals surface area contributed by atoms with Crippen molar-refractivity contribution in [1.82, 2.24) is 4.57 Å². The van der Waals surface area contributed by atoms with Gasteiger partial charge in [-0.25, -0.2) is 0 Å². The van der Waals surface area contributed by atoms with E-state index in [-0.39, 0.29) is 32.7 Å². The third-order valence-electron chi connectivity index (χ3n) is 3.78. The molecule has 3 heteroatoms. The van der Waals surface area contributed by atoms with Gasteiger partial charge in [0, 0.05) is 38.4 Å². The van der Waals surface area contributed by atoms with Gasteiger partial charge in [0.15, 0.2) is 5.65 Å². The minimum Gasteiger partial charge on any atom is -0.300 e. The van der Waals surface area contributed by atoms with Gasteiger partial charge >= 0.3 is 0 Å². The molecule has 0 aliphatic carbocycles. The van der Waals surface area contributed by atoms with Gasteiger partial charge in [0.25, 0.3) is 0 Å². The number of aryl methyl sites for hydroxylation is 3. The Bertz CT molecular complexity index is 704. The van der Waals surface area contributed by atoms with Crippen LogP contribution in [0.15, 0.2) is 24.3 Å². The average molecular weight is 301 g/mol. The van der Waals surface area contributed by atoms with Gasteiger partial charge in [-0.05, 0) is 26.2 Å². The van der Waals surface area contributed by atoms with Crippen LogP contribution >= 0.6 is 0 Å². The van der Waals surface area contributed by atoms with E-state index in [9.17, 15) is 0 Å². The van der Waals surface area contributed by atoms with E-state index in [1.807, 2.05) is 0 Å². The van der Waals surface area contributed by atoms with Crippen molar-refractivity contribution in [2.24, 2.45) is 7.05 Å². The molecule has 0 spiro atoms. The topological polar surface area (TPSA) is 9.03 Å². The number of hydrogen-bond acceptors (Lipinski definition) is 0. The second kappa shape index (κ2) is 4.26. The van der Waals surface area contributed by atoms with Crippen molar-refractivity contribution in [2.45, 2.75) is 20.8 Å². The zero-order valence-electron chi connectivity index (χ0n) is 10.8. The molecule has 0 saturated heterocycles. The van der Waals surface area contributed by atoms with Crippen molar-refractivity contribution in [3.63, 3.8) is 0 Å². The molecule has 3 aromatic rings. The first-order valence-corrected chi connectivity index (χ1v) is 5.64. The van der Waals surface area contributed by atoms with Crippen LogP contribution in [0.4, 0.5) is 0 Å². The normalized spacial score (nSPS) is 11.1. The fourth-order valence-electron chi connectivity index (χ4n) is 2.70. The molecule has 2 aromatic heterocycles. The average Bonchev–Trinajstić information content (AvgIpc) is 2.71. The molecule has 85 valence electrons. The van der Waals surface area contributed by atoms with E-state index in [2.05, 4.69) is 61.1 Å². The second-order valence-corrected chi connectivity index (χ2v) is 4.52. The summed E-state index contributed by atoms with van der Waals surface area (Å²) in [6.07, 6.45) is 0. The minimum atomic E-state index is 0. The number of fused-ring (bicyclic) bond motifs is 3. The van der Waals surface area contributed by atoms with Crippen LogP contribution in [-0.2, 0) is 39.8 Å². The fraction of sp³-hybridized carbons (Fsp3) is 0.286. The van der Waals surface area contributed by atoms with E-state index in [0.29, 0.717) is 0 Å². The van der Waals surface area contributed by atoms with Crippen molar-refractivity contribution in [2.75, 3.05) is 0 Å². The van der Waals surface area contributed by atoms with Crippen molar-refractivity contribution in [3.05, 3.63) is 41.3 Å². The Morgan fingerprint density at radius 1 is 1.18 bits per heavy atom. The number of hydrogen-bond donors (Lipinski definition) is 0. The Morgan fingerprint density at radius 2 is 1.82 bits per heavy atom. The van der Waals surface area contributed by atoms with Gasteiger partial charge in [-0.1, -0.05) is 23.6 Å². The Balaban J connectivity index is 0.00000108. The van der Waals surface area contributed by atoms with Gasteiger partial charge in [0.2, 0.25) is 0 Å². The third kappa shape index (κ3) is 1.54. The zero-order chi connectivity index (χ0) is 11.4. The summed E-state index contributed by atoms with van der Waals surface area (Å²) in [6.45, 7) is 6.56. The van der Waals surface area contributed by atoms with Crippen molar-refractivity contribution < 1.29 is 37.1 Å². The maximum Gasteiger partial charge on any atom is 0.196 e. The largest absolute Gasteiger partial charge is 0.300 e. The molecular formula is C14H16N2Y. The summed E-state index contributed by atoms with van der Waals surface area (Å²) in [4.78, 5) is 0. The molecule has 0 atom stereocenters. The summed E-state index contributed by atoms with van der Waals surface area (Å²) in [5, 5.41) is 2.70. The molecule has 0 aliphatic rings. The smallest absolute Gasteiger partial charge is 0.196 e. The molecule has 0 bridgehead atoms. The number of nitrogens with zero attached hydrogens (tertiary/aromatic N) is 2. The summed E-state index contributed by atoms with van der Waals surface area (Å²) in [7, 11) is 2.14. The Morgan fingerprint density at radius 3 is 2.53 bits per heavy atom. The number of rotatable bonds is 0. The number of benzene rings is 1. The van der Waals surface area contributed by atoms with E-state index in [1.54, 1.807) is 0 Å². The number of aromatic nitrogens is 2. The van der Waals surface area contributed by atoms with E-state index in [1.165, 1.54) is 33.5 Å². The van der Waals surface area contributed by atoms with Crippen molar-refractivity contribution in [3.8, 4) is 0 Å². The molecular weight excluding hydrogens is 285 g/mol. The van der Waals surface area contributed by atoms with Gasteiger partial charge < -0.3 is 0 Å². The Hall–Kier alpha value is -0.596. The first-order valence-electron chi connectivity index (χ1n) is 5.64. The van der Waals surface area contributed by atoms with Crippen LogP contribution in [0.3, 0.4) is 0 Å². The molecule has 0 amide bonds. The Labute approximate surface area is 126 Å². The molecule has 17 heavy (non-hydrogen) atoms. The van der Waals surface area contributed by atoms with Gasteiger partial charge in [-0.15, -0.1) is 6.07 Å². The fourth-order valence-corrected chi connectivity index (χ4v) is 2.70. The molecule has 0 fully saturated rings. The summed E-state index contributed by atoms with van der Waals surface area (Å²) < 4.78 is 4.64. The van der Waals surface area contributed by atoms with Crippen LogP contribution in [0, 0.1) is 20.8 Å². The minimum absolute atomic E-state index is 0. The van der Waals surface area contributed by atoms with Gasteiger partial charge in [0.1, 0.15) is 5.69 Å². The van der Waals surface area contributed by atoms with E-state index < -0.39 is 0 Å². The Kier molecular flexibility index (Phi) is 3.22. The summed E-state index contributed by atoms with van der Waals surface area (Å²) >= 11 is 0. The second-order valence-electron chi connectivity index (χ2n) is 4.52. The first-order chi connectivity index (χ1) is 7.63. The SMILES string of the molecule is Cc1c(C)[n+]2c(c3ccccc3[c-]2C)n1C.[Y]. The van der Waals surface area contributed by atoms with Crippen molar-refractivity contribution >= 4 is 16.4 Å². The molecule has 3 rings (SSSR count). The van der Waals surface area contributed by atoms with Crippen LogP contribution in [0.1, 0.15) is 17.1 Å². The van der Waals surface area contributed by atoms with Crippen LogP contribution in [-0.4, -0.2) is 4.57 Å². The molecule has 2 heterocycles. The maximum absolute atomic E-state index is 2.36. The summed E-state index contributed by atoms with van der Waals surface area (Å²) in [6, 6.07) is 8.62. The van der Waals surface area contributed by atoms with Gasteiger partial charge in [0.05, 0.1) is 12.7 Å². The van der Waals surface area contributed by atoms with E-state index in [4.69, 9.17) is 0 Å². The molecule has 0 saturated carbocycles. The summed E-state index contributed by atoms with van der Waals surface area (Å²) in [5.74, 6) is 0. The molecule has 0 N–H and O–H groups in total. The van der Waals surface area contributed by atoms with Gasteiger partial charge in [-0.2, -0.15) is 0 Å². The molecule has 0 aliphatic heterocycles. The maximum atomic E-state index is 2.36. The zero-order valence-corrected chi connectivity index (χ0v) is 13.6. The molecule has 1 radical (unpaired) electrons. The molecule has 1 aromatic carbocycles. The molecule has 2 nitrogen and oxygen atoms in total. The molecule has 0 unspecified atom stereocenters. The van der Waals surface area contributed by atoms with Crippen molar-refractivity contribution in [1.29, 1.82) is 0 Å². The number of imidazole rings is 1. The predicted octanol–water partition coefficient (Wildman–Crippen LogP) is 2.56. The van der Waals surface area contributed by atoms with E-state index in [0.717, 1.165) is 0 Å². The van der Waals surface area contributed by atoms with Crippen LogP contribution in [0.5, 0.6) is 0 Å². The standard InChI is InChI=1S/C14H16N2.Y/c1-9-10(2)16-11(3)12-7-5-6-8-13(12)14(16)15(9)4;/h5-8H,1-4H3;. The van der Waals surface area contributed by atoms with Crippen LogP contribution < -0.4 is 4.40 Å². The van der Waals surface area contributed by atoms with Crippen LogP contribution in [0.25, 0.3) is 16.4 Å². The first kappa shape index (κ1) is 12.9. The van der Waals surface area contributed by atoms with E-state index >= 15 is 0 Å². The quantitative estimate of drug-likeness (QED) is 0.446.